The van der Waals surface area contributed by atoms with Crippen molar-refractivity contribution in [1.29, 1.82) is 0 Å². The lowest BCUT2D eigenvalue weighted by molar-refractivity contribution is -0.129. The Hall–Kier alpha value is -2.72. The molecule has 4 heteroatoms. The van der Waals surface area contributed by atoms with Crippen LogP contribution in [-0.4, -0.2) is 23.6 Å². The van der Waals surface area contributed by atoms with Crippen LogP contribution >= 0.6 is 0 Å². The molecule has 3 aliphatic rings. The van der Waals surface area contributed by atoms with E-state index >= 15 is 0 Å². The summed E-state index contributed by atoms with van der Waals surface area (Å²) in [7, 11) is 1.72. The van der Waals surface area contributed by atoms with Crippen LogP contribution in [0.25, 0.3) is 6.08 Å². The van der Waals surface area contributed by atoms with Gasteiger partial charge in [0.2, 0.25) is 0 Å². The van der Waals surface area contributed by atoms with E-state index in [0.29, 0.717) is 17.8 Å². The molecule has 0 bridgehead atoms. The van der Waals surface area contributed by atoms with Crippen LogP contribution in [-0.2, 0) is 11.2 Å². The van der Waals surface area contributed by atoms with Crippen molar-refractivity contribution in [3.05, 3.63) is 82.7 Å². The molecule has 0 saturated heterocycles. The summed E-state index contributed by atoms with van der Waals surface area (Å²) in [6.45, 7) is 3.89. The fraction of sp³-hybridized carbons (Fsp3) is 0.433. The Morgan fingerprint density at radius 3 is 2.71 bits per heavy atom. The number of rotatable bonds is 5. The molecule has 178 valence electrons. The maximum Gasteiger partial charge on any atom is 0.191 e. The number of hydrogen-bond acceptors (Lipinski definition) is 3. The summed E-state index contributed by atoms with van der Waals surface area (Å²) < 4.78 is 18.6. The molecule has 2 aromatic rings. The highest BCUT2D eigenvalue weighted by atomic mass is 19.1. The SMILES string of the molecule is COc1ccc2c(c1)CC[C@@H]1[C@@H]2CC[C@]2(C)C([C@@](C)(O)C(=O)/C=C/c3ccc(F)cc3)=CC[C@@H]12. The number of hydrogen-bond donors (Lipinski definition) is 1. The summed E-state index contributed by atoms with van der Waals surface area (Å²) in [6.07, 6.45) is 10.3. The highest BCUT2D eigenvalue weighted by Crippen LogP contribution is 2.62. The molecule has 5 atom stereocenters. The first-order valence-corrected chi connectivity index (χ1v) is 12.3. The van der Waals surface area contributed by atoms with Gasteiger partial charge >= 0.3 is 0 Å². The molecule has 1 N–H and O–H groups in total. The van der Waals surface area contributed by atoms with Crippen LogP contribution in [0.2, 0.25) is 0 Å². The van der Waals surface area contributed by atoms with Gasteiger partial charge in [0.25, 0.3) is 0 Å². The van der Waals surface area contributed by atoms with Gasteiger partial charge in [-0.15, -0.1) is 0 Å². The molecule has 1 fully saturated rings. The highest BCUT2D eigenvalue weighted by Gasteiger charge is 2.56. The minimum Gasteiger partial charge on any atom is -0.497 e. The summed E-state index contributed by atoms with van der Waals surface area (Å²) >= 11 is 0. The maximum absolute atomic E-state index is 13.2. The van der Waals surface area contributed by atoms with Crippen molar-refractivity contribution >= 4 is 11.9 Å². The Balaban J connectivity index is 1.37. The normalized spacial score (nSPS) is 29.6. The number of carbonyl (C=O) groups is 1. The van der Waals surface area contributed by atoms with E-state index in [-0.39, 0.29) is 17.0 Å². The fourth-order valence-electron chi connectivity index (χ4n) is 7.05. The monoisotopic (exact) mass is 460 g/mol. The van der Waals surface area contributed by atoms with Gasteiger partial charge in [-0.05, 0) is 115 Å². The van der Waals surface area contributed by atoms with Crippen LogP contribution in [0, 0.1) is 23.1 Å². The number of carbonyl (C=O) groups excluding carboxylic acids is 1. The number of aliphatic hydroxyl groups is 1. The molecule has 2 aromatic carbocycles. The van der Waals surface area contributed by atoms with Crippen molar-refractivity contribution < 1.29 is 19.0 Å². The average Bonchev–Trinajstić information content (AvgIpc) is 3.21. The molecular weight excluding hydrogens is 427 g/mol. The predicted molar refractivity (Wildman–Crippen MR) is 132 cm³/mol. The zero-order chi connectivity index (χ0) is 24.1. The van der Waals surface area contributed by atoms with Gasteiger partial charge in [0.05, 0.1) is 7.11 Å². The smallest absolute Gasteiger partial charge is 0.191 e. The molecule has 1 saturated carbocycles. The minimum absolute atomic E-state index is 0.186. The van der Waals surface area contributed by atoms with Crippen molar-refractivity contribution in [3.63, 3.8) is 0 Å². The van der Waals surface area contributed by atoms with Crippen LogP contribution in [0.1, 0.15) is 62.1 Å². The molecule has 3 nitrogen and oxygen atoms in total. The van der Waals surface area contributed by atoms with E-state index < -0.39 is 5.60 Å². The topological polar surface area (TPSA) is 46.5 Å². The van der Waals surface area contributed by atoms with Crippen molar-refractivity contribution in [2.75, 3.05) is 7.11 Å². The third kappa shape index (κ3) is 3.73. The largest absolute Gasteiger partial charge is 0.497 e. The summed E-state index contributed by atoms with van der Waals surface area (Å²) in [5.41, 5.74) is 2.73. The van der Waals surface area contributed by atoms with Crippen LogP contribution in [0.3, 0.4) is 0 Å². The molecule has 0 aliphatic heterocycles. The Labute approximate surface area is 201 Å². The lowest BCUT2D eigenvalue weighted by Crippen LogP contribution is -2.47. The summed E-state index contributed by atoms with van der Waals surface area (Å²) in [5.74, 6) is 1.79. The van der Waals surface area contributed by atoms with E-state index in [1.165, 1.54) is 29.3 Å². The number of aryl methyl sites for hydroxylation is 1. The molecular formula is C30H33FO3. The van der Waals surface area contributed by atoms with Crippen LogP contribution in [0.15, 0.2) is 60.2 Å². The third-order valence-electron chi connectivity index (χ3n) is 8.82. The summed E-state index contributed by atoms with van der Waals surface area (Å²) in [5, 5.41) is 11.5. The van der Waals surface area contributed by atoms with Gasteiger partial charge in [0.15, 0.2) is 5.78 Å². The first-order chi connectivity index (χ1) is 16.2. The predicted octanol–water partition coefficient (Wildman–Crippen LogP) is 6.26. The molecule has 34 heavy (non-hydrogen) atoms. The average molecular weight is 461 g/mol. The van der Waals surface area contributed by atoms with E-state index in [1.54, 1.807) is 32.2 Å². The van der Waals surface area contributed by atoms with Crippen molar-refractivity contribution in [2.45, 2.75) is 57.5 Å². The molecule has 0 radical (unpaired) electrons. The second-order valence-corrected chi connectivity index (χ2v) is 10.6. The second-order valence-electron chi connectivity index (χ2n) is 10.6. The number of ketones is 1. The molecule has 0 amide bonds. The maximum atomic E-state index is 13.2. The number of ether oxygens (including phenoxy) is 1. The van der Waals surface area contributed by atoms with E-state index in [2.05, 4.69) is 31.2 Å². The quantitative estimate of drug-likeness (QED) is 0.423. The van der Waals surface area contributed by atoms with Gasteiger partial charge in [-0.1, -0.05) is 37.3 Å². The summed E-state index contributed by atoms with van der Waals surface area (Å²) in [4.78, 5) is 13.2. The van der Waals surface area contributed by atoms with Gasteiger partial charge in [-0.2, -0.15) is 0 Å². The molecule has 3 aliphatic carbocycles. The van der Waals surface area contributed by atoms with Gasteiger partial charge in [0.1, 0.15) is 17.2 Å². The zero-order valence-electron chi connectivity index (χ0n) is 20.2. The first kappa shape index (κ1) is 23.0. The Morgan fingerprint density at radius 2 is 1.97 bits per heavy atom. The number of benzene rings is 2. The fourth-order valence-corrected chi connectivity index (χ4v) is 7.05. The molecule has 0 heterocycles. The number of methoxy groups -OCH3 is 1. The first-order valence-electron chi connectivity index (χ1n) is 12.3. The van der Waals surface area contributed by atoms with Crippen LogP contribution in [0.5, 0.6) is 5.75 Å². The van der Waals surface area contributed by atoms with Crippen LogP contribution in [0.4, 0.5) is 4.39 Å². The number of halogens is 1. The Bertz CT molecular complexity index is 1160. The van der Waals surface area contributed by atoms with Gasteiger partial charge < -0.3 is 9.84 Å². The lowest BCUT2D eigenvalue weighted by Gasteiger charge is -2.51. The minimum atomic E-state index is -1.55. The van der Waals surface area contributed by atoms with Gasteiger partial charge in [-0.25, -0.2) is 4.39 Å². The number of allylic oxidation sites excluding steroid dienone is 1. The highest BCUT2D eigenvalue weighted by molar-refractivity contribution is 6.02. The molecule has 0 unspecified atom stereocenters. The summed E-state index contributed by atoms with van der Waals surface area (Å²) in [6, 6.07) is 12.5. The number of fused-ring (bicyclic) bond motifs is 5. The van der Waals surface area contributed by atoms with Crippen LogP contribution < -0.4 is 4.74 Å². The molecule has 5 rings (SSSR count). The van der Waals surface area contributed by atoms with Gasteiger partial charge in [0, 0.05) is 0 Å². The van der Waals surface area contributed by atoms with Gasteiger partial charge in [-0.3, -0.25) is 4.79 Å². The van der Waals surface area contributed by atoms with Crippen molar-refractivity contribution in [1.82, 2.24) is 0 Å². The standard InChI is InChI=1S/C30H33FO3/c1-29-17-16-24-23-12-10-22(34-3)18-20(23)7-11-25(24)26(29)13-14-27(29)30(2,33)28(32)15-6-19-4-8-21(31)9-5-19/h4-6,8-10,12,14-15,18,24-26,33H,7,11,13,16-17H2,1-3H3/b15-6+/t24-,25-,26+,29+,30-/m1/s1. The third-order valence-corrected chi connectivity index (χ3v) is 8.82. The molecule has 0 spiro atoms. The van der Waals surface area contributed by atoms with Crippen molar-refractivity contribution in [3.8, 4) is 5.75 Å². The van der Waals surface area contributed by atoms with E-state index in [1.807, 2.05) is 0 Å². The van der Waals surface area contributed by atoms with Crippen molar-refractivity contribution in [2.24, 2.45) is 17.3 Å². The van der Waals surface area contributed by atoms with E-state index in [4.69, 9.17) is 4.74 Å². The lowest BCUT2D eigenvalue weighted by atomic mass is 9.53. The van der Waals surface area contributed by atoms with E-state index in [0.717, 1.165) is 49.0 Å². The Kier molecular flexibility index (Phi) is 5.76. The van der Waals surface area contributed by atoms with E-state index in [9.17, 15) is 14.3 Å². The zero-order valence-corrected chi connectivity index (χ0v) is 20.2. The molecule has 0 aromatic heterocycles. The Morgan fingerprint density at radius 1 is 1.21 bits per heavy atom. The second kappa shape index (κ2) is 8.49.